The van der Waals surface area contributed by atoms with Gasteiger partial charge in [0.25, 0.3) is 0 Å². The number of benzene rings is 1. The average Bonchev–Trinajstić information content (AvgIpc) is 2.43. The summed E-state index contributed by atoms with van der Waals surface area (Å²) in [5, 5.41) is 9.92. The lowest BCUT2D eigenvalue weighted by molar-refractivity contribution is 0.0112. The van der Waals surface area contributed by atoms with Crippen molar-refractivity contribution in [3.8, 4) is 0 Å². The first-order valence-corrected chi connectivity index (χ1v) is 8.25. The van der Waals surface area contributed by atoms with Gasteiger partial charge >= 0.3 is 0 Å². The highest BCUT2D eigenvalue weighted by Gasteiger charge is 2.32. The topological polar surface area (TPSA) is 49.5 Å². The predicted molar refractivity (Wildman–Crippen MR) is 86.5 cm³/mol. The number of aliphatic hydroxyl groups excluding tert-OH is 1. The SMILES string of the molecule is CCC(N)C(c1cccc(Br)c1)N1CCC(O)C(C)C1. The summed E-state index contributed by atoms with van der Waals surface area (Å²) in [4.78, 5) is 2.44. The number of likely N-dealkylation sites (tertiary alicyclic amines) is 1. The maximum Gasteiger partial charge on any atom is 0.0590 e. The quantitative estimate of drug-likeness (QED) is 0.885. The first kappa shape index (κ1) is 16.0. The zero-order chi connectivity index (χ0) is 14.7. The van der Waals surface area contributed by atoms with E-state index in [0.29, 0.717) is 5.92 Å². The third-order valence-corrected chi connectivity index (χ3v) is 4.85. The van der Waals surface area contributed by atoms with Crippen molar-refractivity contribution >= 4 is 15.9 Å². The number of hydrogen-bond acceptors (Lipinski definition) is 3. The molecule has 1 aromatic rings. The highest BCUT2D eigenvalue weighted by atomic mass is 79.9. The van der Waals surface area contributed by atoms with E-state index in [1.165, 1.54) is 5.56 Å². The highest BCUT2D eigenvalue weighted by molar-refractivity contribution is 9.10. The molecular weight excluding hydrogens is 316 g/mol. The van der Waals surface area contributed by atoms with Gasteiger partial charge in [-0.1, -0.05) is 41.9 Å². The van der Waals surface area contributed by atoms with Crippen molar-refractivity contribution in [1.82, 2.24) is 4.90 Å². The van der Waals surface area contributed by atoms with Crippen LogP contribution >= 0.6 is 15.9 Å². The minimum Gasteiger partial charge on any atom is -0.393 e. The summed E-state index contributed by atoms with van der Waals surface area (Å²) in [6.07, 6.45) is 1.61. The van der Waals surface area contributed by atoms with Crippen LogP contribution in [0.5, 0.6) is 0 Å². The molecule has 1 aliphatic rings. The van der Waals surface area contributed by atoms with Crippen LogP contribution < -0.4 is 5.73 Å². The monoisotopic (exact) mass is 340 g/mol. The second-order valence-corrected chi connectivity index (χ2v) is 6.82. The Morgan fingerprint density at radius 2 is 2.25 bits per heavy atom. The molecule has 0 saturated carbocycles. The largest absolute Gasteiger partial charge is 0.393 e. The van der Waals surface area contributed by atoms with Crippen LogP contribution in [0.2, 0.25) is 0 Å². The Hall–Kier alpha value is -0.420. The summed E-state index contributed by atoms with van der Waals surface area (Å²) in [5.74, 6) is 0.308. The molecule has 1 fully saturated rings. The zero-order valence-electron chi connectivity index (χ0n) is 12.3. The lowest BCUT2D eigenvalue weighted by Crippen LogP contribution is -2.48. The standard InChI is InChI=1S/C16H25BrN2O/c1-3-14(18)16(12-5-4-6-13(17)9-12)19-8-7-15(20)11(2)10-19/h4-6,9,11,14-16,20H,3,7-8,10,18H2,1-2H3. The van der Waals surface area contributed by atoms with Gasteiger partial charge in [-0.05, 0) is 36.5 Å². The van der Waals surface area contributed by atoms with Crippen LogP contribution in [0, 0.1) is 5.92 Å². The first-order valence-electron chi connectivity index (χ1n) is 7.46. The van der Waals surface area contributed by atoms with Gasteiger partial charge in [0.15, 0.2) is 0 Å². The molecule has 20 heavy (non-hydrogen) atoms. The summed E-state index contributed by atoms with van der Waals surface area (Å²) in [5.41, 5.74) is 7.65. The highest BCUT2D eigenvalue weighted by Crippen LogP contribution is 2.31. The Morgan fingerprint density at radius 1 is 1.50 bits per heavy atom. The summed E-state index contributed by atoms with van der Waals surface area (Å²) in [6.45, 7) is 6.08. The lowest BCUT2D eigenvalue weighted by Gasteiger charge is -2.42. The van der Waals surface area contributed by atoms with Gasteiger partial charge in [0.1, 0.15) is 0 Å². The molecule has 3 N–H and O–H groups in total. The Morgan fingerprint density at radius 3 is 2.85 bits per heavy atom. The lowest BCUT2D eigenvalue weighted by atomic mass is 9.90. The van der Waals surface area contributed by atoms with Crippen LogP contribution in [0.1, 0.15) is 38.3 Å². The molecule has 0 bridgehead atoms. The van der Waals surface area contributed by atoms with E-state index in [1.54, 1.807) is 0 Å². The van der Waals surface area contributed by atoms with Crippen molar-refractivity contribution in [2.75, 3.05) is 13.1 Å². The summed E-state index contributed by atoms with van der Waals surface area (Å²) in [7, 11) is 0. The van der Waals surface area contributed by atoms with Crippen LogP contribution in [-0.2, 0) is 0 Å². The molecule has 2 rings (SSSR count). The van der Waals surface area contributed by atoms with Gasteiger partial charge in [-0.2, -0.15) is 0 Å². The Kier molecular flexibility index (Phi) is 5.61. The molecule has 112 valence electrons. The van der Waals surface area contributed by atoms with E-state index in [4.69, 9.17) is 5.73 Å². The maximum atomic E-state index is 9.92. The minimum absolute atomic E-state index is 0.117. The molecule has 0 radical (unpaired) electrons. The van der Waals surface area contributed by atoms with Gasteiger partial charge in [-0.15, -0.1) is 0 Å². The van der Waals surface area contributed by atoms with E-state index in [1.807, 2.05) is 6.07 Å². The van der Waals surface area contributed by atoms with E-state index in [0.717, 1.165) is 30.4 Å². The number of rotatable bonds is 4. The minimum atomic E-state index is -0.174. The molecule has 4 atom stereocenters. The van der Waals surface area contributed by atoms with Gasteiger partial charge in [-0.25, -0.2) is 0 Å². The molecule has 1 saturated heterocycles. The number of nitrogens with two attached hydrogens (primary N) is 1. The molecule has 3 nitrogen and oxygen atoms in total. The Labute approximate surface area is 130 Å². The van der Waals surface area contributed by atoms with Crippen molar-refractivity contribution in [2.45, 2.75) is 44.9 Å². The molecule has 0 amide bonds. The smallest absolute Gasteiger partial charge is 0.0590 e. The van der Waals surface area contributed by atoms with Crippen LogP contribution in [0.15, 0.2) is 28.7 Å². The van der Waals surface area contributed by atoms with Crippen molar-refractivity contribution in [3.63, 3.8) is 0 Å². The van der Waals surface area contributed by atoms with Gasteiger partial charge in [-0.3, -0.25) is 4.90 Å². The van der Waals surface area contributed by atoms with Crippen molar-refractivity contribution in [2.24, 2.45) is 11.7 Å². The van der Waals surface area contributed by atoms with Crippen molar-refractivity contribution in [1.29, 1.82) is 0 Å². The van der Waals surface area contributed by atoms with Crippen molar-refractivity contribution < 1.29 is 5.11 Å². The number of aliphatic hydroxyl groups is 1. The van der Waals surface area contributed by atoms with E-state index in [2.05, 4.69) is 52.9 Å². The van der Waals surface area contributed by atoms with E-state index < -0.39 is 0 Å². The van der Waals surface area contributed by atoms with Crippen LogP contribution in [0.4, 0.5) is 0 Å². The van der Waals surface area contributed by atoms with E-state index in [9.17, 15) is 5.11 Å². The fourth-order valence-corrected chi connectivity index (χ4v) is 3.48. The zero-order valence-corrected chi connectivity index (χ0v) is 13.9. The Bertz CT molecular complexity index is 440. The van der Waals surface area contributed by atoms with Gasteiger partial charge < -0.3 is 10.8 Å². The number of halogens is 1. The summed E-state index contributed by atoms with van der Waals surface area (Å²) in [6, 6.07) is 8.77. The normalized spacial score (nSPS) is 27.2. The molecule has 1 heterocycles. The third kappa shape index (κ3) is 3.61. The van der Waals surface area contributed by atoms with Crippen LogP contribution in [0.3, 0.4) is 0 Å². The van der Waals surface area contributed by atoms with E-state index in [-0.39, 0.29) is 18.2 Å². The van der Waals surface area contributed by atoms with E-state index >= 15 is 0 Å². The number of piperidine rings is 1. The molecule has 0 aromatic heterocycles. The number of nitrogens with zero attached hydrogens (tertiary/aromatic N) is 1. The third-order valence-electron chi connectivity index (χ3n) is 4.35. The fraction of sp³-hybridized carbons (Fsp3) is 0.625. The molecule has 4 unspecified atom stereocenters. The molecule has 0 aliphatic carbocycles. The van der Waals surface area contributed by atoms with Gasteiger partial charge in [0, 0.05) is 29.6 Å². The Balaban J connectivity index is 2.24. The molecular formula is C16H25BrN2O. The van der Waals surface area contributed by atoms with Gasteiger partial charge in [0.05, 0.1) is 6.10 Å². The van der Waals surface area contributed by atoms with Gasteiger partial charge in [0.2, 0.25) is 0 Å². The molecule has 1 aliphatic heterocycles. The first-order chi connectivity index (χ1) is 9.52. The second-order valence-electron chi connectivity index (χ2n) is 5.90. The molecule has 1 aromatic carbocycles. The predicted octanol–water partition coefficient (Wildman–Crippen LogP) is 2.93. The second kappa shape index (κ2) is 7.03. The maximum absolute atomic E-state index is 9.92. The average molecular weight is 341 g/mol. The summed E-state index contributed by atoms with van der Waals surface area (Å²) >= 11 is 3.55. The van der Waals surface area contributed by atoms with Crippen LogP contribution in [0.25, 0.3) is 0 Å². The van der Waals surface area contributed by atoms with Crippen LogP contribution in [-0.4, -0.2) is 35.2 Å². The molecule has 0 spiro atoms. The molecule has 4 heteroatoms. The fourth-order valence-electron chi connectivity index (χ4n) is 3.06. The summed E-state index contributed by atoms with van der Waals surface area (Å²) < 4.78 is 1.09. The number of hydrogen-bond donors (Lipinski definition) is 2. The van der Waals surface area contributed by atoms with Crippen molar-refractivity contribution in [3.05, 3.63) is 34.3 Å².